The summed E-state index contributed by atoms with van der Waals surface area (Å²) in [5.41, 5.74) is -0.369. The van der Waals surface area contributed by atoms with Gasteiger partial charge in [-0.15, -0.1) is 13.2 Å². The van der Waals surface area contributed by atoms with Crippen molar-refractivity contribution in [1.29, 1.82) is 0 Å². The largest absolute Gasteiger partial charge is 0.454 e. The Morgan fingerprint density at radius 1 is 0.947 bits per heavy atom. The molecule has 2 aromatic heterocycles. The van der Waals surface area contributed by atoms with Crippen LogP contribution in [0.3, 0.4) is 0 Å². The molecule has 296 valence electrons. The van der Waals surface area contributed by atoms with Crippen molar-refractivity contribution in [1.82, 2.24) is 23.6 Å². The van der Waals surface area contributed by atoms with E-state index in [4.69, 9.17) is 19.6 Å². The third kappa shape index (κ3) is 8.01. The summed E-state index contributed by atoms with van der Waals surface area (Å²) in [6.45, 7) is 12.9. The zero-order valence-electron chi connectivity index (χ0n) is 32.2. The first-order valence-electron chi connectivity index (χ1n) is 17.9. The molecule has 4 aromatic carbocycles. The van der Waals surface area contributed by atoms with E-state index in [1.54, 1.807) is 44.4 Å². The van der Waals surface area contributed by atoms with Crippen molar-refractivity contribution < 1.29 is 31.5 Å². The van der Waals surface area contributed by atoms with Gasteiger partial charge in [0.2, 0.25) is 0 Å². The van der Waals surface area contributed by atoms with E-state index in [-0.39, 0.29) is 44.2 Å². The lowest BCUT2D eigenvalue weighted by molar-refractivity contribution is 0.0712. The van der Waals surface area contributed by atoms with Crippen LogP contribution < -0.4 is 4.74 Å². The third-order valence-corrected chi connectivity index (χ3v) is 12.3. The van der Waals surface area contributed by atoms with Crippen molar-refractivity contribution in [3.8, 4) is 22.9 Å². The highest BCUT2D eigenvalue weighted by Crippen LogP contribution is 2.40. The molecular formula is C43H42BrF2N5O5S. The summed E-state index contributed by atoms with van der Waals surface area (Å²) in [6.07, 6.45) is 5.01. The smallest absolute Gasteiger partial charge is 0.410 e. The van der Waals surface area contributed by atoms with Gasteiger partial charge in [-0.05, 0) is 87.7 Å². The van der Waals surface area contributed by atoms with Crippen molar-refractivity contribution in [2.75, 3.05) is 7.05 Å². The van der Waals surface area contributed by atoms with Crippen LogP contribution in [-0.4, -0.2) is 50.7 Å². The normalized spacial score (nSPS) is 12.9. The monoisotopic (exact) mass is 857 g/mol. The van der Waals surface area contributed by atoms with Crippen molar-refractivity contribution in [3.63, 3.8) is 0 Å². The molecule has 1 unspecified atom stereocenters. The molecule has 0 N–H and O–H groups in total. The first-order chi connectivity index (χ1) is 27.0. The number of carbonyl (C=O) groups excluding carboxylic acids is 1. The lowest BCUT2D eigenvalue weighted by atomic mass is 9.79. The number of carbonyl (C=O) groups is 1. The number of hydrogen-bond acceptors (Lipinski definition) is 7. The lowest BCUT2D eigenvalue weighted by Gasteiger charge is -2.34. The van der Waals surface area contributed by atoms with Gasteiger partial charge in [-0.1, -0.05) is 58.4 Å². The van der Waals surface area contributed by atoms with Gasteiger partial charge in [0.05, 0.1) is 21.4 Å². The molecule has 0 radical (unpaired) electrons. The van der Waals surface area contributed by atoms with E-state index in [2.05, 4.69) is 29.1 Å². The molecule has 2 heterocycles. The Hall–Kier alpha value is -5.60. The predicted octanol–water partition coefficient (Wildman–Crippen LogP) is 10.3. The second-order valence-corrected chi connectivity index (χ2v) is 17.1. The number of aromatic nitrogens is 4. The molecule has 0 aliphatic carbocycles. The molecule has 0 saturated carbocycles. The first kappa shape index (κ1) is 41.0. The summed E-state index contributed by atoms with van der Waals surface area (Å²) < 4.78 is 74.8. The topological polar surface area (TPSA) is 109 Å². The zero-order chi connectivity index (χ0) is 41.3. The summed E-state index contributed by atoms with van der Waals surface area (Å²) in [5, 5.41) is 4.95. The lowest BCUT2D eigenvalue weighted by Crippen LogP contribution is -2.44. The molecular weight excluding hydrogens is 816 g/mol. The standard InChI is InChI=1S/C43H42BrF2N5O5S/c1-8-21-42(3,4)49(6)41(52)55-27-34-32-20-23-51(57(53,54)31-16-11-10-12-17-31)37(32)26-36(46)38(34)56-30-18-19-35(45)33(25-30)39-47-40(48-50(39)7)43(5,22-9-2)28-14-13-15-29(44)24-28/h8-20,23-26H,1-2,21-22,27H2,3-7H3. The number of halogens is 3. The van der Waals surface area contributed by atoms with Gasteiger partial charge in [0, 0.05) is 47.3 Å². The highest BCUT2D eigenvalue weighted by molar-refractivity contribution is 9.10. The summed E-state index contributed by atoms with van der Waals surface area (Å²) in [5.74, 6) is -1.27. The van der Waals surface area contributed by atoms with Crippen LogP contribution in [0, 0.1) is 11.6 Å². The fourth-order valence-corrected chi connectivity index (χ4v) is 8.34. The highest BCUT2D eigenvalue weighted by Gasteiger charge is 2.34. The Balaban J connectivity index is 1.43. The number of rotatable bonds is 14. The second-order valence-electron chi connectivity index (χ2n) is 14.4. The van der Waals surface area contributed by atoms with E-state index in [9.17, 15) is 13.2 Å². The molecule has 0 saturated heterocycles. The van der Waals surface area contributed by atoms with Crippen LogP contribution >= 0.6 is 15.9 Å². The molecule has 1 atom stereocenters. The summed E-state index contributed by atoms with van der Waals surface area (Å²) in [6, 6.07) is 21.9. The van der Waals surface area contributed by atoms with Crippen LogP contribution in [0.2, 0.25) is 0 Å². The maximum absolute atomic E-state index is 16.4. The quantitative estimate of drug-likeness (QED) is 0.100. The van der Waals surface area contributed by atoms with Gasteiger partial charge in [-0.25, -0.2) is 35.6 Å². The molecule has 1 amide bonds. The molecule has 0 spiro atoms. The zero-order valence-corrected chi connectivity index (χ0v) is 34.6. The Kier molecular flexibility index (Phi) is 11.6. The number of ether oxygens (including phenoxy) is 2. The van der Waals surface area contributed by atoms with Crippen LogP contribution in [-0.2, 0) is 33.8 Å². The summed E-state index contributed by atoms with van der Waals surface area (Å²) in [7, 11) is -0.934. The molecule has 0 aliphatic rings. The maximum atomic E-state index is 16.4. The SMILES string of the molecule is C=CCC(C)(c1cccc(Br)c1)c1nc(-c2cc(Oc3c(F)cc4c(ccn4S(=O)(=O)c4ccccc4)c3COC(=O)N(C)C(C)(C)CC=C)ccc2F)n(C)n1. The summed E-state index contributed by atoms with van der Waals surface area (Å²) in [4.78, 5) is 19.5. The average molecular weight is 859 g/mol. The van der Waals surface area contributed by atoms with Gasteiger partial charge in [-0.3, -0.25) is 0 Å². The van der Waals surface area contributed by atoms with E-state index in [0.717, 1.165) is 20.1 Å². The minimum Gasteiger partial charge on any atom is -0.454 e. The minimum absolute atomic E-state index is 0.00507. The number of fused-ring (bicyclic) bond motifs is 1. The number of benzene rings is 4. The van der Waals surface area contributed by atoms with Crippen LogP contribution in [0.1, 0.15) is 50.6 Å². The average Bonchev–Trinajstić information content (AvgIpc) is 3.79. The molecule has 0 fully saturated rings. The van der Waals surface area contributed by atoms with Gasteiger partial charge in [0.25, 0.3) is 10.0 Å². The van der Waals surface area contributed by atoms with Gasteiger partial charge in [0.15, 0.2) is 23.2 Å². The van der Waals surface area contributed by atoms with Gasteiger partial charge in [0.1, 0.15) is 18.2 Å². The van der Waals surface area contributed by atoms with Crippen LogP contribution in [0.4, 0.5) is 13.6 Å². The summed E-state index contributed by atoms with van der Waals surface area (Å²) >= 11 is 3.54. The molecule has 6 aromatic rings. The fraction of sp³-hybridized carbons (Fsp3) is 0.233. The molecule has 0 bridgehead atoms. The van der Waals surface area contributed by atoms with Crippen LogP contribution in [0.15, 0.2) is 126 Å². The molecule has 0 aliphatic heterocycles. The molecule has 57 heavy (non-hydrogen) atoms. The number of nitrogens with zero attached hydrogens (tertiary/aromatic N) is 5. The van der Waals surface area contributed by atoms with Crippen molar-refractivity contribution >= 4 is 42.9 Å². The predicted molar refractivity (Wildman–Crippen MR) is 220 cm³/mol. The Morgan fingerprint density at radius 3 is 2.35 bits per heavy atom. The Bertz CT molecular complexity index is 2610. The number of hydrogen-bond donors (Lipinski definition) is 0. The van der Waals surface area contributed by atoms with Crippen molar-refractivity contribution in [2.24, 2.45) is 7.05 Å². The Labute approximate surface area is 339 Å². The second kappa shape index (κ2) is 16.1. The third-order valence-electron chi connectivity index (χ3n) is 10.1. The number of allylic oxidation sites excluding steroid dienone is 1. The van der Waals surface area contributed by atoms with E-state index in [1.807, 2.05) is 45.0 Å². The fourth-order valence-electron chi connectivity index (χ4n) is 6.58. The molecule has 6 rings (SSSR count). The molecule has 14 heteroatoms. The maximum Gasteiger partial charge on any atom is 0.410 e. The number of amides is 1. The number of aryl methyl sites for hydroxylation is 1. The van der Waals surface area contributed by atoms with Gasteiger partial charge < -0.3 is 14.4 Å². The van der Waals surface area contributed by atoms with Crippen LogP contribution in [0.25, 0.3) is 22.3 Å². The van der Waals surface area contributed by atoms with Crippen LogP contribution in [0.5, 0.6) is 11.5 Å². The van der Waals surface area contributed by atoms with E-state index >= 15 is 8.78 Å². The highest BCUT2D eigenvalue weighted by atomic mass is 79.9. The van der Waals surface area contributed by atoms with Gasteiger partial charge >= 0.3 is 6.09 Å². The molecule has 10 nitrogen and oxygen atoms in total. The van der Waals surface area contributed by atoms with Crippen molar-refractivity contribution in [3.05, 3.63) is 149 Å². The van der Waals surface area contributed by atoms with E-state index in [0.29, 0.717) is 18.7 Å². The Morgan fingerprint density at radius 2 is 1.67 bits per heavy atom. The van der Waals surface area contributed by atoms with E-state index < -0.39 is 45.3 Å². The van der Waals surface area contributed by atoms with E-state index in [1.165, 1.54) is 52.2 Å². The van der Waals surface area contributed by atoms with Gasteiger partial charge in [-0.2, -0.15) is 5.10 Å². The first-order valence-corrected chi connectivity index (χ1v) is 20.2. The minimum atomic E-state index is -4.16. The van der Waals surface area contributed by atoms with Crippen molar-refractivity contribution in [2.45, 2.75) is 56.1 Å².